The molecule has 0 saturated carbocycles. The van der Waals surface area contributed by atoms with Gasteiger partial charge in [-0.3, -0.25) is 4.79 Å². The molecule has 0 spiro atoms. The molecular formula is C20H18Cl2N2O2. The second-order valence-corrected chi connectivity index (χ2v) is 7.32. The van der Waals surface area contributed by atoms with Crippen LogP contribution in [0.5, 0.6) is 5.75 Å². The molecule has 1 atom stereocenters. The van der Waals surface area contributed by atoms with E-state index in [1.54, 1.807) is 25.1 Å². The third-order valence-corrected chi connectivity index (χ3v) is 5.27. The van der Waals surface area contributed by atoms with E-state index in [0.717, 1.165) is 11.9 Å². The topological polar surface area (TPSA) is 45.3 Å². The summed E-state index contributed by atoms with van der Waals surface area (Å²) in [5.41, 5.74) is 3.52. The van der Waals surface area contributed by atoms with Crippen molar-refractivity contribution in [2.24, 2.45) is 0 Å². The summed E-state index contributed by atoms with van der Waals surface area (Å²) in [6, 6.07) is 13.2. The highest BCUT2D eigenvalue weighted by molar-refractivity contribution is 6.35. The lowest BCUT2D eigenvalue weighted by Crippen LogP contribution is -2.43. The van der Waals surface area contributed by atoms with Gasteiger partial charge in [-0.15, -0.1) is 0 Å². The van der Waals surface area contributed by atoms with Crippen molar-refractivity contribution in [1.82, 2.24) is 9.88 Å². The van der Waals surface area contributed by atoms with E-state index in [1.807, 2.05) is 17.0 Å². The van der Waals surface area contributed by atoms with E-state index in [-0.39, 0.29) is 5.91 Å². The number of para-hydroxylation sites is 1. The summed E-state index contributed by atoms with van der Waals surface area (Å²) in [5, 5.41) is 2.10. The van der Waals surface area contributed by atoms with Gasteiger partial charge in [-0.1, -0.05) is 41.4 Å². The van der Waals surface area contributed by atoms with Gasteiger partial charge >= 0.3 is 0 Å². The molecule has 2 heterocycles. The van der Waals surface area contributed by atoms with E-state index < -0.39 is 6.10 Å². The van der Waals surface area contributed by atoms with Gasteiger partial charge in [0.15, 0.2) is 6.10 Å². The van der Waals surface area contributed by atoms with Crippen molar-refractivity contribution in [2.75, 3.05) is 6.54 Å². The quantitative estimate of drug-likeness (QED) is 0.698. The largest absolute Gasteiger partial charge is 0.479 e. The van der Waals surface area contributed by atoms with Crippen molar-refractivity contribution in [3.05, 3.63) is 63.8 Å². The number of aromatic amines is 1. The van der Waals surface area contributed by atoms with Gasteiger partial charge in [0.1, 0.15) is 5.75 Å². The number of hydrogen-bond acceptors (Lipinski definition) is 2. The molecular weight excluding hydrogens is 371 g/mol. The Hall–Kier alpha value is -2.17. The highest BCUT2D eigenvalue weighted by Gasteiger charge is 2.28. The van der Waals surface area contributed by atoms with Crippen molar-refractivity contribution in [3.63, 3.8) is 0 Å². The van der Waals surface area contributed by atoms with Crippen LogP contribution < -0.4 is 4.74 Å². The summed E-state index contributed by atoms with van der Waals surface area (Å²) in [6.45, 7) is 3.00. The first-order chi connectivity index (χ1) is 12.5. The average molecular weight is 389 g/mol. The molecule has 0 aliphatic carbocycles. The van der Waals surface area contributed by atoms with Gasteiger partial charge in [0, 0.05) is 46.7 Å². The molecule has 134 valence electrons. The van der Waals surface area contributed by atoms with E-state index in [0.29, 0.717) is 28.9 Å². The standard InChI is InChI=1S/C20H18Cl2N2O2/c1-12(26-19-7-6-13(21)10-16(19)22)20(25)24-9-8-18-15(11-24)14-4-2-3-5-17(14)23-18/h2-7,10,12,23H,8-9,11H2,1H3. The van der Waals surface area contributed by atoms with E-state index in [1.165, 1.54) is 16.6 Å². The second kappa shape index (κ2) is 6.86. The number of aromatic nitrogens is 1. The van der Waals surface area contributed by atoms with Crippen molar-refractivity contribution >= 4 is 40.0 Å². The van der Waals surface area contributed by atoms with Gasteiger partial charge in [0.25, 0.3) is 5.91 Å². The number of carbonyl (C=O) groups excluding carboxylic acids is 1. The maximum absolute atomic E-state index is 12.9. The minimum absolute atomic E-state index is 0.0491. The van der Waals surface area contributed by atoms with Gasteiger partial charge in [-0.2, -0.15) is 0 Å². The van der Waals surface area contributed by atoms with E-state index in [2.05, 4.69) is 17.1 Å². The lowest BCUT2D eigenvalue weighted by molar-refractivity contribution is -0.138. The minimum Gasteiger partial charge on any atom is -0.479 e. The van der Waals surface area contributed by atoms with Gasteiger partial charge < -0.3 is 14.6 Å². The average Bonchev–Trinajstić information content (AvgIpc) is 3.01. The Morgan fingerprint density at radius 3 is 2.85 bits per heavy atom. The molecule has 0 bridgehead atoms. The predicted molar refractivity (Wildman–Crippen MR) is 104 cm³/mol. The van der Waals surface area contributed by atoms with Gasteiger partial charge in [-0.25, -0.2) is 0 Å². The molecule has 4 rings (SSSR count). The summed E-state index contributed by atoms with van der Waals surface area (Å²) in [6.07, 6.45) is 0.185. The third kappa shape index (κ3) is 3.15. The summed E-state index contributed by atoms with van der Waals surface area (Å²) < 4.78 is 5.78. The summed E-state index contributed by atoms with van der Waals surface area (Å²) in [4.78, 5) is 18.2. The first-order valence-corrected chi connectivity index (χ1v) is 9.27. The molecule has 1 aliphatic rings. The Kier molecular flexibility index (Phi) is 4.55. The molecule has 1 aliphatic heterocycles. The van der Waals surface area contributed by atoms with Crippen LogP contribution in [0.15, 0.2) is 42.5 Å². The Balaban J connectivity index is 1.51. The lowest BCUT2D eigenvalue weighted by Gasteiger charge is -2.29. The molecule has 26 heavy (non-hydrogen) atoms. The zero-order chi connectivity index (χ0) is 18.3. The Morgan fingerprint density at radius 2 is 2.04 bits per heavy atom. The molecule has 0 saturated heterocycles. The number of halogens is 2. The molecule has 2 aromatic carbocycles. The van der Waals surface area contributed by atoms with Gasteiger partial charge in [0.05, 0.1) is 5.02 Å². The first-order valence-electron chi connectivity index (χ1n) is 8.52. The maximum Gasteiger partial charge on any atom is 0.263 e. The fourth-order valence-corrected chi connectivity index (χ4v) is 3.88. The van der Waals surface area contributed by atoms with E-state index >= 15 is 0 Å². The van der Waals surface area contributed by atoms with E-state index in [9.17, 15) is 4.79 Å². The first kappa shape index (κ1) is 17.3. The van der Waals surface area contributed by atoms with Gasteiger partial charge in [-0.05, 0) is 31.2 Å². The molecule has 1 N–H and O–H groups in total. The van der Waals surface area contributed by atoms with Crippen LogP contribution in [0.3, 0.4) is 0 Å². The maximum atomic E-state index is 12.9. The molecule has 0 radical (unpaired) electrons. The molecule has 0 fully saturated rings. The van der Waals surface area contributed by atoms with E-state index in [4.69, 9.17) is 27.9 Å². The molecule has 1 amide bonds. The highest BCUT2D eigenvalue weighted by atomic mass is 35.5. The molecule has 6 heteroatoms. The zero-order valence-corrected chi connectivity index (χ0v) is 15.8. The highest BCUT2D eigenvalue weighted by Crippen LogP contribution is 2.30. The normalized spacial score (nSPS) is 15.0. The van der Waals surface area contributed by atoms with Crippen LogP contribution in [0, 0.1) is 0 Å². The van der Waals surface area contributed by atoms with Gasteiger partial charge in [0.2, 0.25) is 0 Å². The van der Waals surface area contributed by atoms with Crippen LogP contribution in [0.4, 0.5) is 0 Å². The number of nitrogens with zero attached hydrogens (tertiary/aromatic N) is 1. The van der Waals surface area contributed by atoms with Crippen molar-refractivity contribution in [1.29, 1.82) is 0 Å². The number of carbonyl (C=O) groups is 1. The fourth-order valence-electron chi connectivity index (χ4n) is 3.42. The zero-order valence-electron chi connectivity index (χ0n) is 14.3. The monoisotopic (exact) mass is 388 g/mol. The van der Waals surface area contributed by atoms with Crippen molar-refractivity contribution in [3.8, 4) is 5.75 Å². The van der Waals surface area contributed by atoms with Crippen LogP contribution in [-0.2, 0) is 17.8 Å². The van der Waals surface area contributed by atoms with Crippen LogP contribution in [-0.4, -0.2) is 28.4 Å². The fraction of sp³-hybridized carbons (Fsp3) is 0.250. The molecule has 4 nitrogen and oxygen atoms in total. The molecule has 1 aromatic heterocycles. The Bertz CT molecular complexity index is 983. The summed E-state index contributed by atoms with van der Waals surface area (Å²) in [5.74, 6) is 0.411. The minimum atomic E-state index is -0.625. The number of ether oxygens (including phenoxy) is 1. The number of nitrogens with one attached hydrogen (secondary N) is 1. The Morgan fingerprint density at radius 1 is 1.23 bits per heavy atom. The van der Waals surface area contributed by atoms with Crippen LogP contribution >= 0.6 is 23.2 Å². The predicted octanol–water partition coefficient (Wildman–Crippen LogP) is 4.83. The molecule has 3 aromatic rings. The summed E-state index contributed by atoms with van der Waals surface area (Å²) >= 11 is 12.0. The number of rotatable bonds is 3. The third-order valence-electron chi connectivity index (χ3n) is 4.74. The SMILES string of the molecule is CC(Oc1ccc(Cl)cc1Cl)C(=O)N1CCc2[nH]c3ccccc3c2C1. The number of hydrogen-bond donors (Lipinski definition) is 1. The van der Waals surface area contributed by atoms with Crippen LogP contribution in [0.2, 0.25) is 10.0 Å². The van der Waals surface area contributed by atoms with Crippen LogP contribution in [0.25, 0.3) is 10.9 Å². The number of fused-ring (bicyclic) bond motifs is 3. The lowest BCUT2D eigenvalue weighted by atomic mass is 10.0. The summed E-state index contributed by atoms with van der Waals surface area (Å²) in [7, 11) is 0. The smallest absolute Gasteiger partial charge is 0.263 e. The Labute approximate surface area is 161 Å². The number of amides is 1. The number of benzene rings is 2. The second-order valence-electron chi connectivity index (χ2n) is 6.47. The number of H-pyrrole nitrogens is 1. The van der Waals surface area contributed by atoms with Crippen molar-refractivity contribution < 1.29 is 9.53 Å². The molecule has 1 unspecified atom stereocenters. The van der Waals surface area contributed by atoms with Crippen LogP contribution in [0.1, 0.15) is 18.2 Å². The van der Waals surface area contributed by atoms with Crippen molar-refractivity contribution in [2.45, 2.75) is 26.0 Å².